The highest BCUT2D eigenvalue weighted by Crippen LogP contribution is 2.08. The molecule has 0 aliphatic carbocycles. The van der Waals surface area contributed by atoms with Crippen molar-refractivity contribution in [3.05, 3.63) is 24.0 Å². The summed E-state index contributed by atoms with van der Waals surface area (Å²) >= 11 is 5.47. The fourth-order valence-electron chi connectivity index (χ4n) is 0.692. The quantitative estimate of drug-likeness (QED) is 0.715. The van der Waals surface area contributed by atoms with Crippen LogP contribution in [0, 0.1) is 0 Å². The third kappa shape index (κ3) is 2.17. The largest absolute Gasteiger partial charge is 0.263 e. The smallest absolute Gasteiger partial charge is 0.239 e. The van der Waals surface area contributed by atoms with E-state index in [1.807, 2.05) is 0 Å². The maximum Gasteiger partial charge on any atom is 0.239 e. The third-order valence-corrected chi connectivity index (χ3v) is 2.44. The van der Waals surface area contributed by atoms with E-state index in [1.54, 1.807) is 0 Å². The fraction of sp³-hybridized carbons (Fsp3) is 0.167. The van der Waals surface area contributed by atoms with E-state index < -0.39 is 10.0 Å². The molecular formula is C6H7ClN2O2S. The number of rotatable bonds is 2. The lowest BCUT2D eigenvalue weighted by molar-refractivity contribution is 0.597. The predicted molar refractivity (Wildman–Crippen MR) is 45.2 cm³/mol. The van der Waals surface area contributed by atoms with E-state index in [9.17, 15) is 8.42 Å². The number of hydrogen-bond donors (Lipinski definition) is 1. The molecule has 0 saturated heterocycles. The lowest BCUT2D eigenvalue weighted by Gasteiger charge is -1.98. The maximum absolute atomic E-state index is 10.8. The predicted octanol–water partition coefficient (Wildman–Crippen LogP) is 0.468. The van der Waals surface area contributed by atoms with Gasteiger partial charge in [-0.1, -0.05) is 0 Å². The number of halogens is 1. The highest BCUT2D eigenvalue weighted by atomic mass is 35.5. The van der Waals surface area contributed by atoms with E-state index in [0.29, 0.717) is 5.56 Å². The van der Waals surface area contributed by atoms with Crippen molar-refractivity contribution < 1.29 is 8.42 Å². The van der Waals surface area contributed by atoms with E-state index in [1.165, 1.54) is 18.5 Å². The van der Waals surface area contributed by atoms with Crippen molar-refractivity contribution in [2.24, 2.45) is 5.14 Å². The highest BCUT2D eigenvalue weighted by Gasteiger charge is 2.07. The molecule has 0 bridgehead atoms. The first-order chi connectivity index (χ1) is 5.54. The number of pyridine rings is 1. The fourth-order valence-corrected chi connectivity index (χ4v) is 1.36. The van der Waals surface area contributed by atoms with Gasteiger partial charge in [0.15, 0.2) is 0 Å². The Labute approximate surface area is 75.4 Å². The molecule has 1 aromatic rings. The number of sulfonamides is 1. The second kappa shape index (κ2) is 3.38. The monoisotopic (exact) mass is 206 g/mol. The van der Waals surface area contributed by atoms with E-state index in [2.05, 4.69) is 4.98 Å². The van der Waals surface area contributed by atoms with Gasteiger partial charge in [-0.05, 0) is 11.6 Å². The van der Waals surface area contributed by atoms with Gasteiger partial charge in [0.1, 0.15) is 4.90 Å². The summed E-state index contributed by atoms with van der Waals surface area (Å²) in [6.07, 6.45) is 2.67. The number of hydrogen-bond acceptors (Lipinski definition) is 3. The minimum absolute atomic E-state index is 0.0133. The van der Waals surface area contributed by atoms with E-state index in [-0.39, 0.29) is 10.8 Å². The van der Waals surface area contributed by atoms with Crippen molar-refractivity contribution in [1.82, 2.24) is 4.98 Å². The first-order valence-electron chi connectivity index (χ1n) is 3.07. The van der Waals surface area contributed by atoms with Gasteiger partial charge in [0.2, 0.25) is 10.0 Å². The molecule has 12 heavy (non-hydrogen) atoms. The molecule has 0 fully saturated rings. The number of alkyl halides is 1. The first kappa shape index (κ1) is 9.44. The van der Waals surface area contributed by atoms with Gasteiger partial charge < -0.3 is 0 Å². The molecule has 4 nitrogen and oxygen atoms in total. The highest BCUT2D eigenvalue weighted by molar-refractivity contribution is 7.89. The van der Waals surface area contributed by atoms with Crippen LogP contribution in [-0.2, 0) is 15.9 Å². The Morgan fingerprint density at radius 3 is 2.67 bits per heavy atom. The zero-order valence-corrected chi connectivity index (χ0v) is 7.64. The number of primary sulfonamides is 1. The van der Waals surface area contributed by atoms with Gasteiger partial charge in [0.25, 0.3) is 0 Å². The SMILES string of the molecule is NS(=O)(=O)c1cncc(CCl)c1. The minimum Gasteiger partial charge on any atom is -0.263 e. The summed E-state index contributed by atoms with van der Waals surface area (Å²) in [7, 11) is -3.66. The molecule has 0 saturated carbocycles. The van der Waals surface area contributed by atoms with E-state index >= 15 is 0 Å². The topological polar surface area (TPSA) is 73.1 Å². The number of nitrogens with two attached hydrogens (primary N) is 1. The molecule has 2 N–H and O–H groups in total. The van der Waals surface area contributed by atoms with Crippen LogP contribution >= 0.6 is 11.6 Å². The lowest BCUT2D eigenvalue weighted by Crippen LogP contribution is -2.12. The van der Waals surface area contributed by atoms with E-state index in [4.69, 9.17) is 16.7 Å². The number of nitrogens with zero attached hydrogens (tertiary/aromatic N) is 1. The summed E-state index contributed by atoms with van der Waals surface area (Å²) in [6.45, 7) is 0. The van der Waals surface area contributed by atoms with E-state index in [0.717, 1.165) is 0 Å². The molecule has 6 heteroatoms. The molecule has 1 aromatic heterocycles. The molecule has 0 aromatic carbocycles. The molecule has 0 radical (unpaired) electrons. The summed E-state index contributed by atoms with van der Waals surface area (Å²) in [5.74, 6) is 0.219. The average Bonchev–Trinajstić information content (AvgIpc) is 2.03. The van der Waals surface area contributed by atoms with Crippen LogP contribution in [0.1, 0.15) is 5.56 Å². The lowest BCUT2D eigenvalue weighted by atomic mass is 10.3. The zero-order chi connectivity index (χ0) is 9.19. The molecule has 1 heterocycles. The van der Waals surface area contributed by atoms with Gasteiger partial charge >= 0.3 is 0 Å². The van der Waals surface area contributed by atoms with Crippen LogP contribution in [0.5, 0.6) is 0 Å². The normalized spacial score (nSPS) is 11.5. The van der Waals surface area contributed by atoms with Crippen molar-refractivity contribution >= 4 is 21.6 Å². The summed E-state index contributed by atoms with van der Waals surface area (Å²) in [5.41, 5.74) is 0.628. The van der Waals surface area contributed by atoms with Crippen LogP contribution in [0.3, 0.4) is 0 Å². The second-order valence-electron chi connectivity index (χ2n) is 2.21. The van der Waals surface area contributed by atoms with Crippen LogP contribution in [-0.4, -0.2) is 13.4 Å². The Morgan fingerprint density at radius 2 is 2.17 bits per heavy atom. The summed E-state index contributed by atoms with van der Waals surface area (Å²) in [5, 5.41) is 4.87. The minimum atomic E-state index is -3.66. The van der Waals surface area contributed by atoms with Gasteiger partial charge in [0.05, 0.1) is 0 Å². The average molecular weight is 207 g/mol. The molecule has 0 aliphatic rings. The van der Waals surface area contributed by atoms with Gasteiger partial charge in [-0.25, -0.2) is 13.6 Å². The van der Waals surface area contributed by atoms with Gasteiger partial charge in [0, 0.05) is 18.3 Å². The van der Waals surface area contributed by atoms with Crippen LogP contribution in [0.4, 0.5) is 0 Å². The van der Waals surface area contributed by atoms with Crippen LogP contribution in [0.25, 0.3) is 0 Å². The Balaban J connectivity index is 3.20. The van der Waals surface area contributed by atoms with Crippen molar-refractivity contribution in [1.29, 1.82) is 0 Å². The van der Waals surface area contributed by atoms with Gasteiger partial charge in [-0.2, -0.15) is 0 Å². The zero-order valence-electron chi connectivity index (χ0n) is 6.07. The molecule has 0 amide bonds. The van der Waals surface area contributed by atoms with Crippen molar-refractivity contribution in [3.8, 4) is 0 Å². The molecule has 0 aliphatic heterocycles. The Hall–Kier alpha value is -0.650. The van der Waals surface area contributed by atoms with Crippen LogP contribution < -0.4 is 5.14 Å². The molecule has 0 atom stereocenters. The molecule has 66 valence electrons. The molecule has 1 rings (SSSR count). The Kier molecular flexibility index (Phi) is 2.66. The first-order valence-corrected chi connectivity index (χ1v) is 5.15. The standard InChI is InChI=1S/C6H7ClN2O2S/c7-2-5-1-6(4-9-3-5)12(8,10)11/h1,3-4H,2H2,(H2,8,10,11). The number of aromatic nitrogens is 1. The molecule has 0 spiro atoms. The molecule has 0 unspecified atom stereocenters. The summed E-state index contributed by atoms with van der Waals surface area (Å²) < 4.78 is 21.6. The van der Waals surface area contributed by atoms with Gasteiger partial charge in [-0.15, -0.1) is 11.6 Å². The van der Waals surface area contributed by atoms with Crippen LogP contribution in [0.2, 0.25) is 0 Å². The maximum atomic E-state index is 10.8. The Morgan fingerprint density at radius 1 is 1.50 bits per heavy atom. The molecular weight excluding hydrogens is 200 g/mol. The second-order valence-corrected chi connectivity index (χ2v) is 4.04. The van der Waals surface area contributed by atoms with Crippen LogP contribution in [0.15, 0.2) is 23.4 Å². The van der Waals surface area contributed by atoms with Gasteiger partial charge in [-0.3, -0.25) is 4.98 Å². The summed E-state index contributed by atoms with van der Waals surface area (Å²) in [4.78, 5) is 3.67. The van der Waals surface area contributed by atoms with Crippen molar-refractivity contribution in [3.63, 3.8) is 0 Å². The van der Waals surface area contributed by atoms with Crippen molar-refractivity contribution in [2.45, 2.75) is 10.8 Å². The Bertz CT molecular complexity index is 377. The summed E-state index contributed by atoms with van der Waals surface area (Å²) in [6, 6.07) is 1.40. The third-order valence-electron chi connectivity index (χ3n) is 1.25. The van der Waals surface area contributed by atoms with Crippen molar-refractivity contribution in [2.75, 3.05) is 0 Å².